The lowest BCUT2D eigenvalue weighted by atomic mass is 9.35. The predicted octanol–water partition coefficient (Wildman–Crippen LogP) is 1.00. The van der Waals surface area contributed by atoms with Crippen LogP contribution in [-0.4, -0.2) is 179 Å². The first kappa shape index (κ1) is 51.9. The van der Waals surface area contributed by atoms with Gasteiger partial charge in [-0.3, -0.25) is 0 Å². The number of fused-ring (bicyclic) bond motifs is 5. The zero-order valence-corrected chi connectivity index (χ0v) is 39.8. The van der Waals surface area contributed by atoms with Crippen molar-refractivity contribution < 1.29 is 84.6 Å². The number of allylic oxidation sites excluding steroid dienone is 2. The molecule has 4 aliphatic carbocycles. The largest absolute Gasteiger partial charge is 0.394 e. The van der Waals surface area contributed by atoms with Crippen molar-refractivity contribution in [3.05, 3.63) is 11.6 Å². The molecule has 17 nitrogen and oxygen atoms in total. The van der Waals surface area contributed by atoms with Gasteiger partial charge in [0.1, 0.15) is 67.1 Å². The standard InChI is InChI=1S/C48H82O17/c1-22(2)11-10-15-48(9,65-43-40(37(57)34(54)27(21-50)62-43)64-41-38(58)35(55)32(52)23(3)60-41)24-12-17-47(8)31(24)25(51)19-29-45(6)16-14-30(44(4,5)28(45)13-18-46(29,47)7)63-42-39(59)36(56)33(53)26(20-49)61-42/h11,23-43,49-59H,10,12-21H2,1-9H3. The molecule has 0 aromatic heterocycles. The summed E-state index contributed by atoms with van der Waals surface area (Å²) in [5, 5.41) is 119. The maximum absolute atomic E-state index is 12.8. The lowest BCUT2D eigenvalue weighted by Crippen LogP contribution is -2.68. The Morgan fingerprint density at radius 1 is 0.646 bits per heavy atom. The van der Waals surface area contributed by atoms with Gasteiger partial charge in [-0.05, 0) is 131 Å². The number of hydrogen-bond donors (Lipinski definition) is 11. The molecule has 25 atom stereocenters. The van der Waals surface area contributed by atoms with E-state index in [9.17, 15) is 56.2 Å². The predicted molar refractivity (Wildman–Crippen MR) is 232 cm³/mol. The Morgan fingerprint density at radius 3 is 1.83 bits per heavy atom. The van der Waals surface area contributed by atoms with Gasteiger partial charge in [-0.15, -0.1) is 0 Å². The Labute approximate surface area is 384 Å². The minimum Gasteiger partial charge on any atom is -0.394 e. The van der Waals surface area contributed by atoms with Crippen LogP contribution in [0.5, 0.6) is 0 Å². The SMILES string of the molecule is CC(C)=CCCC(C)(OC1OC(CO)C(O)C(O)C1OC1OC(C)C(O)C(O)C1O)C1CCC2(C)C1C(O)CC1C3(C)CCC(OC4OC(CO)C(O)C(O)C4O)C(C)(C)C3CCC12C. The Kier molecular flexibility index (Phi) is 15.2. The van der Waals surface area contributed by atoms with Crippen LogP contribution in [0.3, 0.4) is 0 Å². The van der Waals surface area contributed by atoms with Crippen molar-refractivity contribution in [2.24, 2.45) is 45.3 Å². The van der Waals surface area contributed by atoms with Crippen LogP contribution in [0.15, 0.2) is 11.6 Å². The van der Waals surface area contributed by atoms with Gasteiger partial charge >= 0.3 is 0 Å². The van der Waals surface area contributed by atoms with Gasteiger partial charge in [0.2, 0.25) is 0 Å². The van der Waals surface area contributed by atoms with Gasteiger partial charge < -0.3 is 84.6 Å². The van der Waals surface area contributed by atoms with Gasteiger partial charge in [0.25, 0.3) is 0 Å². The van der Waals surface area contributed by atoms with E-state index in [1.54, 1.807) is 0 Å². The highest BCUT2D eigenvalue weighted by Crippen LogP contribution is 2.76. The van der Waals surface area contributed by atoms with E-state index in [-0.39, 0.29) is 46.0 Å². The molecule has 3 heterocycles. The quantitative estimate of drug-likeness (QED) is 0.0962. The molecule has 7 rings (SSSR count). The van der Waals surface area contributed by atoms with E-state index in [0.29, 0.717) is 32.1 Å². The molecular weight excluding hydrogens is 849 g/mol. The minimum absolute atomic E-state index is 0.133. The second-order valence-corrected chi connectivity index (χ2v) is 22.9. The molecule has 7 aliphatic rings. The molecule has 0 radical (unpaired) electrons. The number of aliphatic hydroxyl groups excluding tert-OH is 11. The van der Waals surface area contributed by atoms with E-state index in [1.807, 2.05) is 20.8 Å². The third-order valence-corrected chi connectivity index (χ3v) is 18.8. The fourth-order valence-corrected chi connectivity index (χ4v) is 14.8. The van der Waals surface area contributed by atoms with Crippen LogP contribution >= 0.6 is 0 Å². The zero-order valence-electron chi connectivity index (χ0n) is 39.8. The van der Waals surface area contributed by atoms with Crippen molar-refractivity contribution in [1.29, 1.82) is 0 Å². The molecule has 4 saturated carbocycles. The Morgan fingerprint density at radius 2 is 1.22 bits per heavy atom. The number of aliphatic hydroxyl groups is 11. The van der Waals surface area contributed by atoms with E-state index < -0.39 is 122 Å². The van der Waals surface area contributed by atoms with E-state index in [1.165, 1.54) is 6.92 Å². The van der Waals surface area contributed by atoms with Crippen molar-refractivity contribution in [2.45, 2.75) is 230 Å². The molecular formula is C48H82O17. The van der Waals surface area contributed by atoms with Crippen molar-refractivity contribution in [2.75, 3.05) is 13.2 Å². The molecule has 7 fully saturated rings. The Bertz CT molecular complexity index is 1660. The number of hydrogen-bond acceptors (Lipinski definition) is 17. The lowest BCUT2D eigenvalue weighted by molar-refractivity contribution is -0.380. The summed E-state index contributed by atoms with van der Waals surface area (Å²) in [6.07, 6.45) is -13.9. The number of rotatable bonds is 12. The molecule has 0 amide bonds. The van der Waals surface area contributed by atoms with Gasteiger partial charge in [0, 0.05) is 0 Å². The Balaban J connectivity index is 1.16. The summed E-state index contributed by atoms with van der Waals surface area (Å²) in [5.74, 6) is -0.134. The summed E-state index contributed by atoms with van der Waals surface area (Å²) < 4.78 is 37.5. The third-order valence-electron chi connectivity index (χ3n) is 18.8. The van der Waals surface area contributed by atoms with Crippen molar-refractivity contribution >= 4 is 0 Å². The minimum atomic E-state index is -1.71. The maximum atomic E-state index is 12.8. The molecule has 11 N–H and O–H groups in total. The maximum Gasteiger partial charge on any atom is 0.187 e. The molecule has 0 aromatic rings. The first-order chi connectivity index (χ1) is 30.3. The first-order valence-electron chi connectivity index (χ1n) is 24.2. The summed E-state index contributed by atoms with van der Waals surface area (Å²) in [5.41, 5.74) is -1.07. The highest BCUT2D eigenvalue weighted by atomic mass is 16.8. The second kappa shape index (κ2) is 19.0. The van der Waals surface area contributed by atoms with Gasteiger partial charge in [-0.25, -0.2) is 0 Å². The molecule has 25 unspecified atom stereocenters. The molecule has 17 heteroatoms. The van der Waals surface area contributed by atoms with Gasteiger partial charge in [-0.2, -0.15) is 0 Å². The smallest absolute Gasteiger partial charge is 0.187 e. The van der Waals surface area contributed by atoms with E-state index in [4.69, 9.17) is 28.4 Å². The summed E-state index contributed by atoms with van der Waals surface area (Å²) in [6.45, 7) is 17.8. The van der Waals surface area contributed by atoms with Crippen molar-refractivity contribution in [3.63, 3.8) is 0 Å². The molecule has 3 saturated heterocycles. The van der Waals surface area contributed by atoms with Gasteiger partial charge in [-0.1, -0.05) is 46.3 Å². The summed E-state index contributed by atoms with van der Waals surface area (Å²) in [4.78, 5) is 0. The molecule has 0 aromatic carbocycles. The summed E-state index contributed by atoms with van der Waals surface area (Å²) >= 11 is 0. The van der Waals surface area contributed by atoms with E-state index >= 15 is 0 Å². The fraction of sp³-hybridized carbons (Fsp3) is 0.958. The highest BCUT2D eigenvalue weighted by Gasteiger charge is 2.72. The molecule has 65 heavy (non-hydrogen) atoms. The van der Waals surface area contributed by atoms with Crippen LogP contribution in [-0.2, 0) is 28.4 Å². The van der Waals surface area contributed by atoms with Crippen molar-refractivity contribution in [3.8, 4) is 0 Å². The zero-order chi connectivity index (χ0) is 47.9. The average molecular weight is 931 g/mol. The number of ether oxygens (including phenoxy) is 6. The topological polar surface area (TPSA) is 278 Å². The van der Waals surface area contributed by atoms with E-state index in [0.717, 1.165) is 31.3 Å². The van der Waals surface area contributed by atoms with E-state index in [2.05, 4.69) is 40.7 Å². The molecule has 3 aliphatic heterocycles. The summed E-state index contributed by atoms with van der Waals surface area (Å²) in [6, 6.07) is 0. The van der Waals surface area contributed by atoms with Crippen molar-refractivity contribution in [1.82, 2.24) is 0 Å². The normalized spacial score (nSPS) is 53.0. The Hall–Kier alpha value is -0.940. The monoisotopic (exact) mass is 931 g/mol. The molecule has 0 spiro atoms. The third kappa shape index (κ3) is 8.73. The highest BCUT2D eigenvalue weighted by molar-refractivity contribution is 5.20. The van der Waals surface area contributed by atoms with Crippen LogP contribution in [0.25, 0.3) is 0 Å². The van der Waals surface area contributed by atoms with Gasteiger partial charge in [0.15, 0.2) is 18.9 Å². The van der Waals surface area contributed by atoms with Gasteiger partial charge in [0.05, 0.1) is 37.1 Å². The average Bonchev–Trinajstić information content (AvgIpc) is 3.63. The lowest BCUT2D eigenvalue weighted by Gasteiger charge is -2.71. The molecule has 376 valence electrons. The summed E-state index contributed by atoms with van der Waals surface area (Å²) in [7, 11) is 0. The fourth-order valence-electron chi connectivity index (χ4n) is 14.8. The second-order valence-electron chi connectivity index (χ2n) is 22.9. The van der Waals surface area contributed by atoms with Crippen LogP contribution < -0.4 is 0 Å². The van der Waals surface area contributed by atoms with Crippen LogP contribution in [0.1, 0.15) is 120 Å². The van der Waals surface area contributed by atoms with Crippen LogP contribution in [0.4, 0.5) is 0 Å². The molecule has 0 bridgehead atoms. The first-order valence-corrected chi connectivity index (χ1v) is 24.2. The van der Waals surface area contributed by atoms with Crippen LogP contribution in [0.2, 0.25) is 0 Å². The van der Waals surface area contributed by atoms with Crippen LogP contribution in [0, 0.1) is 45.3 Å².